The molecule has 10 heteroatoms. The smallest absolute Gasteiger partial charge is 0.275 e. The number of hydrogen-bond acceptors (Lipinski definition) is 7. The van der Waals surface area contributed by atoms with Crippen molar-refractivity contribution in [1.29, 1.82) is 0 Å². The lowest BCUT2D eigenvalue weighted by Crippen LogP contribution is -2.34. The first-order chi connectivity index (χ1) is 19.2. The zero-order valence-corrected chi connectivity index (χ0v) is 24.5. The number of methoxy groups -OCH3 is 1. The number of benzene rings is 2. The summed E-state index contributed by atoms with van der Waals surface area (Å²) in [5.74, 6) is 0.538. The molecule has 3 aromatic rings. The fraction of sp³-hybridized carbons (Fsp3) is 0.467. The van der Waals surface area contributed by atoms with E-state index >= 15 is 0 Å². The molecule has 1 saturated carbocycles. The van der Waals surface area contributed by atoms with Crippen LogP contribution >= 0.6 is 0 Å². The van der Waals surface area contributed by atoms with Gasteiger partial charge in [-0.25, -0.2) is 13.4 Å². The molecule has 0 bridgehead atoms. The highest BCUT2D eigenvalue weighted by Crippen LogP contribution is 2.36. The van der Waals surface area contributed by atoms with Gasteiger partial charge in [0.05, 0.1) is 18.6 Å². The van der Waals surface area contributed by atoms with Crippen LogP contribution in [0, 0.1) is 13.8 Å². The Bertz CT molecular complexity index is 1450. The van der Waals surface area contributed by atoms with Gasteiger partial charge in [-0.1, -0.05) is 24.3 Å². The molecule has 1 aliphatic heterocycles. The Morgan fingerprint density at radius 3 is 2.40 bits per heavy atom. The third-order valence-corrected chi connectivity index (χ3v) is 9.82. The number of ether oxygens (including phenoxy) is 1. The quantitative estimate of drug-likeness (QED) is 0.337. The van der Waals surface area contributed by atoms with E-state index in [1.165, 1.54) is 29.0 Å². The minimum absolute atomic E-state index is 0.0343. The first kappa shape index (κ1) is 28.3. The molecule has 0 atom stereocenters. The summed E-state index contributed by atoms with van der Waals surface area (Å²) in [4.78, 5) is 21.9. The summed E-state index contributed by atoms with van der Waals surface area (Å²) >= 11 is 0. The van der Waals surface area contributed by atoms with Gasteiger partial charge in [0, 0.05) is 26.2 Å². The van der Waals surface area contributed by atoms with Crippen molar-refractivity contribution in [3.05, 3.63) is 76.5 Å². The predicted octanol–water partition coefficient (Wildman–Crippen LogP) is 4.52. The van der Waals surface area contributed by atoms with Crippen molar-refractivity contribution < 1.29 is 22.4 Å². The third-order valence-electron chi connectivity index (χ3n) is 7.62. The molecule has 1 saturated heterocycles. The second-order valence-corrected chi connectivity index (χ2v) is 12.8. The van der Waals surface area contributed by atoms with Gasteiger partial charge in [0.1, 0.15) is 12.0 Å². The van der Waals surface area contributed by atoms with Crippen LogP contribution in [0.15, 0.2) is 52.0 Å². The summed E-state index contributed by atoms with van der Waals surface area (Å²) in [6.07, 6.45) is 5.38. The number of carbonyl (C=O) groups is 1. The summed E-state index contributed by atoms with van der Waals surface area (Å²) in [6, 6.07) is 11.7. The fourth-order valence-electron chi connectivity index (χ4n) is 5.51. The van der Waals surface area contributed by atoms with Crippen LogP contribution in [0.25, 0.3) is 0 Å². The minimum Gasteiger partial charge on any atom is -0.497 e. The number of amides is 1. The number of nitrogens with zero attached hydrogens (tertiary/aromatic N) is 4. The zero-order valence-electron chi connectivity index (χ0n) is 23.7. The van der Waals surface area contributed by atoms with Crippen LogP contribution < -0.4 is 4.74 Å². The fourth-order valence-corrected chi connectivity index (χ4v) is 7.56. The lowest BCUT2D eigenvalue weighted by molar-refractivity contribution is 0.0779. The average Bonchev–Trinajstić information content (AvgIpc) is 3.40. The first-order valence-corrected chi connectivity index (χ1v) is 15.3. The molecule has 0 N–H and O–H groups in total. The molecule has 1 amide bonds. The van der Waals surface area contributed by atoms with Gasteiger partial charge < -0.3 is 14.1 Å². The Labute approximate surface area is 236 Å². The van der Waals surface area contributed by atoms with Crippen molar-refractivity contribution >= 4 is 15.9 Å². The molecule has 2 heterocycles. The molecular formula is C30H38N4O5S. The van der Waals surface area contributed by atoms with Crippen LogP contribution in [0.5, 0.6) is 5.75 Å². The lowest BCUT2D eigenvalue weighted by Gasteiger charge is -2.23. The molecule has 2 aromatic carbocycles. The van der Waals surface area contributed by atoms with Crippen molar-refractivity contribution in [2.75, 3.05) is 27.2 Å². The number of oxazole rings is 1. The van der Waals surface area contributed by atoms with Crippen LogP contribution in [0.1, 0.15) is 64.3 Å². The highest BCUT2D eigenvalue weighted by atomic mass is 32.2. The summed E-state index contributed by atoms with van der Waals surface area (Å²) in [6.45, 7) is 7.14. The molecule has 0 unspecified atom stereocenters. The van der Waals surface area contributed by atoms with E-state index in [1.807, 2.05) is 12.1 Å². The summed E-state index contributed by atoms with van der Waals surface area (Å²) in [5.41, 5.74) is 3.70. The molecule has 9 nitrogen and oxygen atoms in total. The maximum Gasteiger partial charge on any atom is 0.275 e. The number of sulfonamides is 1. The lowest BCUT2D eigenvalue weighted by atomic mass is 10.1. The second kappa shape index (κ2) is 11.7. The molecule has 2 aliphatic rings. The normalized spacial score (nSPS) is 16.0. The number of aryl methyl sites for hydroxylation is 2. The van der Waals surface area contributed by atoms with E-state index in [-0.39, 0.29) is 35.0 Å². The monoisotopic (exact) mass is 566 g/mol. The Balaban J connectivity index is 1.28. The molecule has 1 aliphatic carbocycles. The average molecular weight is 567 g/mol. The van der Waals surface area contributed by atoms with Gasteiger partial charge >= 0.3 is 0 Å². The van der Waals surface area contributed by atoms with E-state index in [4.69, 9.17) is 9.15 Å². The van der Waals surface area contributed by atoms with E-state index in [2.05, 4.69) is 22.0 Å². The minimum atomic E-state index is -3.82. The molecule has 1 aromatic heterocycles. The number of likely N-dealkylation sites (tertiary alicyclic amines) is 1. The molecule has 5 rings (SSSR count). The number of rotatable bonds is 11. The van der Waals surface area contributed by atoms with Crippen molar-refractivity contribution in [2.45, 2.75) is 70.1 Å². The standard InChI is InChI=1S/C30H38N4O5S/c1-21-14-26(38-4)15-22(2)29(21)40(36,37)34(25-10-11-25)19-28-31-27(20-39-28)30(35)32(3)17-23-8-7-9-24(16-23)18-33-12-5-6-13-33/h7-9,14-16,20,25H,5-6,10-13,17-19H2,1-4H3. The highest BCUT2D eigenvalue weighted by molar-refractivity contribution is 7.89. The molecular weight excluding hydrogens is 528 g/mol. The van der Waals surface area contributed by atoms with Crippen molar-refractivity contribution in [2.24, 2.45) is 0 Å². The topological polar surface area (TPSA) is 96.2 Å². The molecule has 0 radical (unpaired) electrons. The number of aromatic nitrogens is 1. The summed E-state index contributed by atoms with van der Waals surface area (Å²) in [7, 11) is -0.528. The Kier molecular flexibility index (Phi) is 8.30. The second-order valence-electron chi connectivity index (χ2n) is 11.0. The summed E-state index contributed by atoms with van der Waals surface area (Å²) < 4.78 is 39.9. The highest BCUT2D eigenvalue weighted by Gasteiger charge is 2.40. The van der Waals surface area contributed by atoms with Gasteiger partial charge in [0.2, 0.25) is 15.9 Å². The number of hydrogen-bond donors (Lipinski definition) is 0. The van der Waals surface area contributed by atoms with Gasteiger partial charge in [-0.05, 0) is 87.0 Å². The largest absolute Gasteiger partial charge is 0.497 e. The number of carbonyl (C=O) groups excluding carboxylic acids is 1. The maximum absolute atomic E-state index is 13.8. The van der Waals surface area contributed by atoms with Crippen molar-refractivity contribution in [1.82, 2.24) is 19.1 Å². The first-order valence-electron chi connectivity index (χ1n) is 13.8. The molecule has 40 heavy (non-hydrogen) atoms. The van der Waals surface area contributed by atoms with Gasteiger partial charge in [-0.15, -0.1) is 0 Å². The van der Waals surface area contributed by atoms with Gasteiger partial charge in [-0.2, -0.15) is 4.31 Å². The third kappa shape index (κ3) is 6.24. The Morgan fingerprint density at radius 1 is 1.07 bits per heavy atom. The molecule has 2 fully saturated rings. The zero-order chi connectivity index (χ0) is 28.4. The van der Waals surface area contributed by atoms with Gasteiger partial charge in [0.25, 0.3) is 5.91 Å². The van der Waals surface area contributed by atoms with Crippen molar-refractivity contribution in [3.63, 3.8) is 0 Å². The predicted molar refractivity (Wildman–Crippen MR) is 151 cm³/mol. The SMILES string of the molecule is COc1cc(C)c(S(=O)(=O)N(Cc2nc(C(=O)N(C)Cc3cccc(CN4CCCC4)c3)co2)C2CC2)c(C)c1. The molecule has 0 spiro atoms. The van der Waals surface area contributed by atoms with Crippen LogP contribution in [0.4, 0.5) is 0 Å². The van der Waals surface area contributed by atoms with Crippen LogP contribution in [-0.4, -0.2) is 66.7 Å². The van der Waals surface area contributed by atoms with E-state index < -0.39 is 10.0 Å². The van der Waals surface area contributed by atoms with Crippen LogP contribution in [0.3, 0.4) is 0 Å². The van der Waals surface area contributed by atoms with E-state index in [0.717, 1.165) is 38.0 Å². The van der Waals surface area contributed by atoms with E-state index in [9.17, 15) is 13.2 Å². The van der Waals surface area contributed by atoms with Gasteiger partial charge in [0.15, 0.2) is 5.69 Å². The van der Waals surface area contributed by atoms with E-state index in [1.54, 1.807) is 45.0 Å². The maximum atomic E-state index is 13.8. The Hall–Kier alpha value is -3.21. The van der Waals surface area contributed by atoms with Crippen LogP contribution in [0.2, 0.25) is 0 Å². The van der Waals surface area contributed by atoms with Crippen LogP contribution in [-0.2, 0) is 29.7 Å². The van der Waals surface area contributed by atoms with Crippen molar-refractivity contribution in [3.8, 4) is 5.75 Å². The Morgan fingerprint density at radius 2 is 1.75 bits per heavy atom. The summed E-state index contributed by atoms with van der Waals surface area (Å²) in [5, 5.41) is 0. The molecule has 214 valence electrons. The van der Waals surface area contributed by atoms with E-state index in [0.29, 0.717) is 23.4 Å². The van der Waals surface area contributed by atoms with Gasteiger partial charge in [-0.3, -0.25) is 9.69 Å².